The number of carbonyl (C=O) groups excluding carboxylic acids is 1. The number of halogens is 1. The molecule has 8 nitrogen and oxygen atoms in total. The molecule has 0 radical (unpaired) electrons. The summed E-state index contributed by atoms with van der Waals surface area (Å²) in [7, 11) is 0. The number of para-hydroxylation sites is 1. The highest BCUT2D eigenvalue weighted by atomic mass is 35.5. The third-order valence-electron chi connectivity index (χ3n) is 6.57. The number of anilines is 1. The van der Waals surface area contributed by atoms with Crippen molar-refractivity contribution in [3.8, 4) is 17.3 Å². The Labute approximate surface area is 239 Å². The Morgan fingerprint density at radius 1 is 1.05 bits per heavy atom. The molecule has 0 atom stereocenters. The van der Waals surface area contributed by atoms with Crippen molar-refractivity contribution < 1.29 is 9.21 Å². The largest absolute Gasteiger partial charge is 0.461 e. The van der Waals surface area contributed by atoms with Crippen LogP contribution in [0.2, 0.25) is 5.02 Å². The van der Waals surface area contributed by atoms with Crippen molar-refractivity contribution in [1.82, 2.24) is 24.6 Å². The fourth-order valence-corrected chi connectivity index (χ4v) is 6.48. The molecule has 198 valence electrons. The van der Waals surface area contributed by atoms with Crippen LogP contribution in [0.5, 0.6) is 0 Å². The fraction of sp³-hybridized carbons (Fsp3) is 0.214. The first-order valence-electron chi connectivity index (χ1n) is 12.5. The van der Waals surface area contributed by atoms with Crippen LogP contribution >= 0.6 is 34.7 Å². The van der Waals surface area contributed by atoms with Gasteiger partial charge in [-0.05, 0) is 48.9 Å². The van der Waals surface area contributed by atoms with Crippen LogP contribution in [0, 0.1) is 6.92 Å². The summed E-state index contributed by atoms with van der Waals surface area (Å²) in [6.07, 6.45) is 1.63. The van der Waals surface area contributed by atoms with Crippen molar-refractivity contribution in [1.29, 1.82) is 0 Å². The highest BCUT2D eigenvalue weighted by Crippen LogP contribution is 2.32. The van der Waals surface area contributed by atoms with E-state index in [-0.39, 0.29) is 5.91 Å². The summed E-state index contributed by atoms with van der Waals surface area (Å²) < 4.78 is 7.64. The van der Waals surface area contributed by atoms with E-state index in [0.29, 0.717) is 41.1 Å². The normalized spacial score (nSPS) is 13.7. The first-order valence-corrected chi connectivity index (χ1v) is 14.7. The first kappa shape index (κ1) is 25.7. The van der Waals surface area contributed by atoms with Gasteiger partial charge in [-0.2, -0.15) is 0 Å². The average Bonchev–Trinajstić information content (AvgIpc) is 3.73. The minimum Gasteiger partial charge on any atom is -0.461 e. The summed E-state index contributed by atoms with van der Waals surface area (Å²) in [4.78, 5) is 22.0. The second-order valence-corrected chi connectivity index (χ2v) is 11.4. The number of amides is 1. The molecule has 1 saturated heterocycles. The number of hydrogen-bond donors (Lipinski definition) is 0. The molecule has 4 heterocycles. The lowest BCUT2D eigenvalue weighted by atomic mass is 10.2. The van der Waals surface area contributed by atoms with Gasteiger partial charge in [-0.25, -0.2) is 4.98 Å². The van der Waals surface area contributed by atoms with E-state index in [1.54, 1.807) is 6.26 Å². The molecule has 39 heavy (non-hydrogen) atoms. The second-order valence-electron chi connectivity index (χ2n) is 9.08. The zero-order valence-electron chi connectivity index (χ0n) is 21.2. The molecule has 11 heteroatoms. The standard InChI is InChI=1S/C28H25ClN6O2S2/c1-19-6-2-3-9-23(19)35-26(24-10-5-15-37-24)31-32-28(35)39-18-25-30-22(17-38-25)27(36)34-13-11-33(12-14-34)21-8-4-7-20(29)16-21/h2-10,15-17H,11-14,18H2,1H3. The minimum atomic E-state index is -0.0311. The molecule has 6 rings (SSSR count). The Kier molecular flexibility index (Phi) is 7.40. The van der Waals surface area contributed by atoms with Crippen LogP contribution in [0.15, 0.2) is 81.9 Å². The average molecular weight is 577 g/mol. The minimum absolute atomic E-state index is 0.0311. The summed E-state index contributed by atoms with van der Waals surface area (Å²) in [5, 5.41) is 13.0. The number of thioether (sulfide) groups is 1. The number of rotatable bonds is 7. The molecule has 0 bridgehead atoms. The molecule has 0 aliphatic carbocycles. The van der Waals surface area contributed by atoms with Gasteiger partial charge in [0.2, 0.25) is 5.82 Å². The molecule has 1 fully saturated rings. The second kappa shape index (κ2) is 11.3. The molecular weight excluding hydrogens is 552 g/mol. The molecule has 0 unspecified atom stereocenters. The highest BCUT2D eigenvalue weighted by molar-refractivity contribution is 7.98. The lowest BCUT2D eigenvalue weighted by molar-refractivity contribution is 0.0741. The van der Waals surface area contributed by atoms with Crippen molar-refractivity contribution in [3.63, 3.8) is 0 Å². The number of carbonyl (C=O) groups is 1. The van der Waals surface area contributed by atoms with Gasteiger partial charge in [0.1, 0.15) is 10.7 Å². The van der Waals surface area contributed by atoms with Crippen LogP contribution in [-0.2, 0) is 5.75 Å². The summed E-state index contributed by atoms with van der Waals surface area (Å²) in [6.45, 7) is 4.85. The molecule has 0 spiro atoms. The highest BCUT2D eigenvalue weighted by Gasteiger charge is 2.25. The third kappa shape index (κ3) is 5.45. The number of nitrogens with zero attached hydrogens (tertiary/aromatic N) is 6. The summed E-state index contributed by atoms with van der Waals surface area (Å²) >= 11 is 9.17. The van der Waals surface area contributed by atoms with Crippen molar-refractivity contribution in [3.05, 3.63) is 93.6 Å². The zero-order chi connectivity index (χ0) is 26.8. The number of furan rings is 1. The smallest absolute Gasteiger partial charge is 0.273 e. The quantitative estimate of drug-likeness (QED) is 0.213. The van der Waals surface area contributed by atoms with Crippen LogP contribution in [0.1, 0.15) is 21.1 Å². The van der Waals surface area contributed by atoms with Crippen LogP contribution < -0.4 is 4.90 Å². The number of benzene rings is 2. The van der Waals surface area contributed by atoms with Gasteiger partial charge in [-0.1, -0.05) is 47.6 Å². The first-order chi connectivity index (χ1) is 19.1. The van der Waals surface area contributed by atoms with Crippen LogP contribution in [0.4, 0.5) is 5.69 Å². The van der Waals surface area contributed by atoms with Gasteiger partial charge in [-0.3, -0.25) is 9.36 Å². The van der Waals surface area contributed by atoms with Crippen LogP contribution in [0.3, 0.4) is 0 Å². The predicted molar refractivity (Wildman–Crippen MR) is 155 cm³/mol. The summed E-state index contributed by atoms with van der Waals surface area (Å²) in [5.74, 6) is 1.83. The fourth-order valence-electron chi connectivity index (χ4n) is 4.56. The Morgan fingerprint density at radius 3 is 2.67 bits per heavy atom. The number of aryl methyl sites for hydroxylation is 1. The Morgan fingerprint density at radius 2 is 1.90 bits per heavy atom. The van der Waals surface area contributed by atoms with Gasteiger partial charge in [0.05, 0.1) is 17.7 Å². The van der Waals surface area contributed by atoms with Gasteiger partial charge in [-0.15, -0.1) is 21.5 Å². The molecule has 0 saturated carbocycles. The number of thiazole rings is 1. The van der Waals surface area contributed by atoms with E-state index < -0.39 is 0 Å². The topological polar surface area (TPSA) is 80.3 Å². The van der Waals surface area contributed by atoms with Crippen LogP contribution in [-0.4, -0.2) is 56.7 Å². The molecular formula is C28H25ClN6O2S2. The lowest BCUT2D eigenvalue weighted by Gasteiger charge is -2.35. The lowest BCUT2D eigenvalue weighted by Crippen LogP contribution is -2.48. The Bertz CT molecular complexity index is 1590. The molecule has 5 aromatic rings. The van der Waals surface area contributed by atoms with E-state index in [0.717, 1.165) is 40.2 Å². The molecule has 2 aromatic carbocycles. The van der Waals surface area contributed by atoms with E-state index in [1.807, 2.05) is 69.4 Å². The molecule has 1 amide bonds. The monoisotopic (exact) mass is 576 g/mol. The molecule has 0 N–H and O–H groups in total. The number of hydrogen-bond acceptors (Lipinski definition) is 8. The SMILES string of the molecule is Cc1ccccc1-n1c(SCc2nc(C(=O)N3CCN(c4cccc(Cl)c4)CC3)cs2)nnc1-c1ccco1. The maximum absolute atomic E-state index is 13.2. The number of piperazine rings is 1. The van der Waals surface area contributed by atoms with Gasteiger partial charge in [0.25, 0.3) is 5.91 Å². The summed E-state index contributed by atoms with van der Waals surface area (Å²) in [5.41, 5.74) is 3.66. The van der Waals surface area contributed by atoms with Crippen molar-refractivity contribution in [2.24, 2.45) is 0 Å². The van der Waals surface area contributed by atoms with E-state index in [4.69, 9.17) is 16.0 Å². The van der Waals surface area contributed by atoms with Crippen molar-refractivity contribution in [2.75, 3.05) is 31.1 Å². The van der Waals surface area contributed by atoms with Crippen molar-refractivity contribution in [2.45, 2.75) is 17.8 Å². The Hall–Kier alpha value is -3.60. The predicted octanol–water partition coefficient (Wildman–Crippen LogP) is 6.20. The maximum Gasteiger partial charge on any atom is 0.273 e. The van der Waals surface area contributed by atoms with E-state index in [2.05, 4.69) is 33.1 Å². The van der Waals surface area contributed by atoms with Gasteiger partial charge in [0, 0.05) is 42.3 Å². The van der Waals surface area contributed by atoms with Crippen LogP contribution in [0.25, 0.3) is 17.3 Å². The maximum atomic E-state index is 13.2. The van der Waals surface area contributed by atoms with Gasteiger partial charge < -0.3 is 14.2 Å². The molecule has 3 aromatic heterocycles. The Balaban J connectivity index is 1.13. The zero-order valence-corrected chi connectivity index (χ0v) is 23.5. The third-order valence-corrected chi connectivity index (χ3v) is 8.77. The molecule has 1 aliphatic rings. The van der Waals surface area contributed by atoms with E-state index in [1.165, 1.54) is 23.1 Å². The van der Waals surface area contributed by atoms with Gasteiger partial charge >= 0.3 is 0 Å². The molecule has 1 aliphatic heterocycles. The van der Waals surface area contributed by atoms with Crippen molar-refractivity contribution >= 4 is 46.3 Å². The summed E-state index contributed by atoms with van der Waals surface area (Å²) in [6, 6.07) is 19.6. The van der Waals surface area contributed by atoms with E-state index in [9.17, 15) is 4.79 Å². The van der Waals surface area contributed by atoms with Gasteiger partial charge in [0.15, 0.2) is 10.9 Å². The van der Waals surface area contributed by atoms with E-state index >= 15 is 0 Å². The number of aromatic nitrogens is 4.